The van der Waals surface area contributed by atoms with Crippen LogP contribution in [-0.2, 0) is 0 Å². The van der Waals surface area contributed by atoms with Crippen LogP contribution in [0, 0.1) is 12.3 Å². The largest absolute Gasteiger partial charge is 0.301 e. The van der Waals surface area contributed by atoms with Gasteiger partial charge in [-0.15, -0.1) is 6.42 Å². The first kappa shape index (κ1) is 11.5. The Morgan fingerprint density at radius 2 is 2.12 bits per heavy atom. The van der Waals surface area contributed by atoms with Gasteiger partial charge in [-0.05, 0) is 31.4 Å². The molecule has 0 saturated carbocycles. The standard InChI is InChI=1S/C15H15NO/c1-2-12-16(14-10-6-7-11-14)15(17)13-8-4-3-5-9-13/h1,3-5,8-10H,6-7,11-12H2. The highest BCUT2D eigenvalue weighted by Gasteiger charge is 2.20. The fourth-order valence-electron chi connectivity index (χ4n) is 2.03. The van der Waals surface area contributed by atoms with Gasteiger partial charge < -0.3 is 4.90 Å². The van der Waals surface area contributed by atoms with Crippen LogP contribution in [0.15, 0.2) is 42.1 Å². The van der Waals surface area contributed by atoms with Crippen LogP contribution in [0.3, 0.4) is 0 Å². The van der Waals surface area contributed by atoms with E-state index in [9.17, 15) is 4.79 Å². The van der Waals surface area contributed by atoms with E-state index in [1.165, 1.54) is 0 Å². The molecule has 2 rings (SSSR count). The van der Waals surface area contributed by atoms with Gasteiger partial charge in [-0.3, -0.25) is 4.79 Å². The third kappa shape index (κ3) is 2.57. The van der Waals surface area contributed by atoms with E-state index in [-0.39, 0.29) is 5.91 Å². The first-order valence-corrected chi connectivity index (χ1v) is 5.82. The second-order valence-electron chi connectivity index (χ2n) is 4.05. The summed E-state index contributed by atoms with van der Waals surface area (Å²) >= 11 is 0. The molecule has 17 heavy (non-hydrogen) atoms. The minimum atomic E-state index is -0.00306. The number of carbonyl (C=O) groups is 1. The van der Waals surface area contributed by atoms with Gasteiger partial charge in [0, 0.05) is 11.3 Å². The van der Waals surface area contributed by atoms with Gasteiger partial charge in [-0.2, -0.15) is 0 Å². The highest BCUT2D eigenvalue weighted by molar-refractivity contribution is 5.95. The third-order valence-corrected chi connectivity index (χ3v) is 2.88. The number of amides is 1. The molecule has 0 heterocycles. The maximum absolute atomic E-state index is 12.3. The number of allylic oxidation sites excluding steroid dienone is 2. The molecule has 0 aromatic heterocycles. The summed E-state index contributed by atoms with van der Waals surface area (Å²) in [5, 5.41) is 0. The van der Waals surface area contributed by atoms with Gasteiger partial charge in [0.15, 0.2) is 0 Å². The molecule has 1 aliphatic rings. The number of benzene rings is 1. The highest BCUT2D eigenvalue weighted by Crippen LogP contribution is 2.22. The Labute approximate surface area is 102 Å². The second kappa shape index (κ2) is 5.36. The van der Waals surface area contributed by atoms with Gasteiger partial charge in [-0.25, -0.2) is 0 Å². The van der Waals surface area contributed by atoms with Crippen molar-refractivity contribution in [3.63, 3.8) is 0 Å². The Hall–Kier alpha value is -2.01. The lowest BCUT2D eigenvalue weighted by molar-refractivity contribution is 0.0819. The molecule has 1 amide bonds. The molecule has 0 unspecified atom stereocenters. The summed E-state index contributed by atoms with van der Waals surface area (Å²) in [5.74, 6) is 2.56. The maximum atomic E-state index is 12.3. The number of nitrogens with zero attached hydrogens (tertiary/aromatic N) is 1. The molecule has 0 atom stereocenters. The lowest BCUT2D eigenvalue weighted by Crippen LogP contribution is -2.30. The van der Waals surface area contributed by atoms with Crippen molar-refractivity contribution in [3.05, 3.63) is 47.7 Å². The molecule has 0 saturated heterocycles. The van der Waals surface area contributed by atoms with E-state index < -0.39 is 0 Å². The average molecular weight is 225 g/mol. The Morgan fingerprint density at radius 1 is 1.35 bits per heavy atom. The zero-order valence-corrected chi connectivity index (χ0v) is 9.73. The second-order valence-corrected chi connectivity index (χ2v) is 4.05. The lowest BCUT2D eigenvalue weighted by atomic mass is 10.2. The van der Waals surface area contributed by atoms with Crippen LogP contribution in [0.1, 0.15) is 29.6 Å². The van der Waals surface area contributed by atoms with E-state index >= 15 is 0 Å². The molecule has 0 radical (unpaired) electrons. The monoisotopic (exact) mass is 225 g/mol. The van der Waals surface area contributed by atoms with Crippen molar-refractivity contribution in [2.75, 3.05) is 6.54 Å². The summed E-state index contributed by atoms with van der Waals surface area (Å²) in [6.45, 7) is 0.347. The van der Waals surface area contributed by atoms with Crippen molar-refractivity contribution in [2.24, 2.45) is 0 Å². The zero-order valence-electron chi connectivity index (χ0n) is 9.73. The fraction of sp³-hybridized carbons (Fsp3) is 0.267. The van der Waals surface area contributed by atoms with Gasteiger partial charge in [-0.1, -0.05) is 30.2 Å². The molecule has 0 bridgehead atoms. The van der Waals surface area contributed by atoms with Crippen molar-refractivity contribution in [1.82, 2.24) is 4.90 Å². The van der Waals surface area contributed by atoms with Crippen LogP contribution in [0.4, 0.5) is 0 Å². The molecule has 2 nitrogen and oxygen atoms in total. The summed E-state index contributed by atoms with van der Waals surface area (Å²) in [7, 11) is 0. The first-order chi connectivity index (χ1) is 8.33. The predicted octanol–water partition coefficient (Wildman–Crippen LogP) is 2.83. The first-order valence-electron chi connectivity index (χ1n) is 5.82. The van der Waals surface area contributed by atoms with Crippen molar-refractivity contribution in [2.45, 2.75) is 19.3 Å². The van der Waals surface area contributed by atoms with Crippen molar-refractivity contribution in [3.8, 4) is 12.3 Å². The quantitative estimate of drug-likeness (QED) is 0.724. The minimum Gasteiger partial charge on any atom is -0.301 e. The number of hydrogen-bond donors (Lipinski definition) is 0. The van der Waals surface area contributed by atoms with Gasteiger partial charge >= 0.3 is 0 Å². The van der Waals surface area contributed by atoms with E-state index in [0.29, 0.717) is 12.1 Å². The van der Waals surface area contributed by atoms with Crippen molar-refractivity contribution in [1.29, 1.82) is 0 Å². The molecule has 0 aliphatic heterocycles. The predicted molar refractivity (Wildman–Crippen MR) is 68.2 cm³/mol. The van der Waals surface area contributed by atoms with Gasteiger partial charge in [0.2, 0.25) is 0 Å². The fourth-order valence-corrected chi connectivity index (χ4v) is 2.03. The summed E-state index contributed by atoms with van der Waals surface area (Å²) < 4.78 is 0. The van der Waals surface area contributed by atoms with Crippen LogP contribution < -0.4 is 0 Å². The molecular weight excluding hydrogens is 210 g/mol. The van der Waals surface area contributed by atoms with E-state index in [1.54, 1.807) is 4.90 Å². The molecule has 0 fully saturated rings. The molecular formula is C15H15NO. The summed E-state index contributed by atoms with van der Waals surface area (Å²) in [5.41, 5.74) is 1.76. The Balaban J connectivity index is 2.22. The summed E-state index contributed by atoms with van der Waals surface area (Å²) in [4.78, 5) is 14.0. The average Bonchev–Trinajstić information content (AvgIpc) is 2.90. The minimum absolute atomic E-state index is 0.00306. The molecule has 1 aromatic carbocycles. The van der Waals surface area contributed by atoms with Crippen molar-refractivity contribution < 1.29 is 4.79 Å². The van der Waals surface area contributed by atoms with E-state index in [1.807, 2.05) is 30.3 Å². The molecule has 2 heteroatoms. The number of rotatable bonds is 3. The normalized spacial score (nSPS) is 13.9. The molecule has 0 N–H and O–H groups in total. The summed E-state index contributed by atoms with van der Waals surface area (Å²) in [6, 6.07) is 9.27. The van der Waals surface area contributed by atoms with Crippen LogP contribution in [0.25, 0.3) is 0 Å². The maximum Gasteiger partial charge on any atom is 0.258 e. The number of hydrogen-bond acceptors (Lipinski definition) is 1. The number of carbonyl (C=O) groups excluding carboxylic acids is 1. The van der Waals surface area contributed by atoms with E-state index in [4.69, 9.17) is 6.42 Å². The lowest BCUT2D eigenvalue weighted by Gasteiger charge is -2.21. The van der Waals surface area contributed by atoms with Crippen molar-refractivity contribution >= 4 is 5.91 Å². The third-order valence-electron chi connectivity index (χ3n) is 2.88. The van der Waals surface area contributed by atoms with Crippen LogP contribution in [0.2, 0.25) is 0 Å². The summed E-state index contributed by atoms with van der Waals surface area (Å²) in [6.07, 6.45) is 10.5. The van der Waals surface area contributed by atoms with E-state index in [0.717, 1.165) is 25.0 Å². The Morgan fingerprint density at radius 3 is 2.71 bits per heavy atom. The molecule has 0 spiro atoms. The number of terminal acetylenes is 1. The Bertz CT molecular complexity index is 467. The van der Waals surface area contributed by atoms with Gasteiger partial charge in [0.05, 0.1) is 6.54 Å². The molecule has 1 aromatic rings. The topological polar surface area (TPSA) is 20.3 Å². The molecule has 86 valence electrons. The SMILES string of the molecule is C#CCN(C(=O)c1ccccc1)C1=CCCC1. The zero-order chi connectivity index (χ0) is 12.1. The van der Waals surface area contributed by atoms with E-state index in [2.05, 4.69) is 12.0 Å². The molecule has 1 aliphatic carbocycles. The highest BCUT2D eigenvalue weighted by atomic mass is 16.2. The smallest absolute Gasteiger partial charge is 0.258 e. The van der Waals surface area contributed by atoms with Gasteiger partial charge in [0.25, 0.3) is 5.91 Å². The van der Waals surface area contributed by atoms with Crippen LogP contribution in [-0.4, -0.2) is 17.4 Å². The van der Waals surface area contributed by atoms with Gasteiger partial charge in [0.1, 0.15) is 0 Å². The Kier molecular flexibility index (Phi) is 3.62. The van der Waals surface area contributed by atoms with Crippen LogP contribution >= 0.6 is 0 Å². The van der Waals surface area contributed by atoms with Crippen LogP contribution in [0.5, 0.6) is 0 Å².